The molecule has 0 unspecified atom stereocenters. The molecule has 27 heavy (non-hydrogen) atoms. The number of carbonyl (C=O) groups is 1. The van der Waals surface area contributed by atoms with Gasteiger partial charge < -0.3 is 9.64 Å². The molecule has 0 radical (unpaired) electrons. The van der Waals surface area contributed by atoms with Gasteiger partial charge in [0.2, 0.25) is 5.88 Å². The molecule has 1 aliphatic heterocycles. The van der Waals surface area contributed by atoms with Gasteiger partial charge in [0, 0.05) is 31.5 Å². The van der Waals surface area contributed by atoms with E-state index in [-0.39, 0.29) is 11.6 Å². The number of nitrogens with zero attached hydrogens (tertiary/aromatic N) is 5. The van der Waals surface area contributed by atoms with Gasteiger partial charge in [-0.2, -0.15) is 0 Å². The second-order valence-electron chi connectivity index (χ2n) is 6.71. The molecule has 1 fully saturated rings. The minimum absolute atomic E-state index is 0.148. The number of aryl methyl sites for hydroxylation is 1. The van der Waals surface area contributed by atoms with Gasteiger partial charge in [-0.25, -0.2) is 18.9 Å². The summed E-state index contributed by atoms with van der Waals surface area (Å²) in [6.45, 7) is 3.39. The fraction of sp³-hybridized carbons (Fsp3) is 0.368. The van der Waals surface area contributed by atoms with Gasteiger partial charge >= 0.3 is 0 Å². The number of halogens is 1. The Bertz CT molecular complexity index is 966. The molecule has 0 saturated carbocycles. The molecule has 0 bridgehead atoms. The highest BCUT2D eigenvalue weighted by molar-refractivity contribution is 5.92. The van der Waals surface area contributed by atoms with Crippen molar-refractivity contribution >= 4 is 11.6 Å². The molecule has 140 valence electrons. The summed E-state index contributed by atoms with van der Waals surface area (Å²) in [5, 5.41) is 4.35. The summed E-state index contributed by atoms with van der Waals surface area (Å²) in [4.78, 5) is 22.5. The number of imidazole rings is 1. The van der Waals surface area contributed by atoms with E-state index in [1.807, 2.05) is 12.1 Å². The van der Waals surface area contributed by atoms with Gasteiger partial charge in [0.15, 0.2) is 5.65 Å². The number of amides is 1. The third kappa shape index (κ3) is 3.74. The van der Waals surface area contributed by atoms with Crippen molar-refractivity contribution in [1.82, 2.24) is 24.5 Å². The first-order chi connectivity index (χ1) is 13.1. The number of carbonyl (C=O) groups excluding carboxylic acids is 1. The van der Waals surface area contributed by atoms with Gasteiger partial charge in [-0.3, -0.25) is 4.79 Å². The van der Waals surface area contributed by atoms with Crippen molar-refractivity contribution in [2.45, 2.75) is 19.8 Å². The summed E-state index contributed by atoms with van der Waals surface area (Å²) in [6.07, 6.45) is 5.16. The topological polar surface area (TPSA) is 72.6 Å². The molecular weight excluding hydrogens is 349 g/mol. The number of aromatic nitrogens is 4. The molecule has 1 saturated heterocycles. The van der Waals surface area contributed by atoms with Crippen molar-refractivity contribution in [3.8, 4) is 5.88 Å². The molecule has 0 aliphatic carbocycles. The zero-order chi connectivity index (χ0) is 18.8. The Labute approximate surface area is 155 Å². The van der Waals surface area contributed by atoms with Crippen molar-refractivity contribution in [2.24, 2.45) is 5.92 Å². The molecule has 0 spiro atoms. The van der Waals surface area contributed by atoms with Crippen LogP contribution in [0.5, 0.6) is 5.88 Å². The lowest BCUT2D eigenvalue weighted by Crippen LogP contribution is -2.40. The molecule has 1 aliphatic rings. The number of ether oxygens (including phenoxy) is 1. The van der Waals surface area contributed by atoms with Crippen molar-refractivity contribution in [1.29, 1.82) is 0 Å². The fourth-order valence-electron chi connectivity index (χ4n) is 3.21. The summed E-state index contributed by atoms with van der Waals surface area (Å²) in [5.41, 5.74) is 1.31. The van der Waals surface area contributed by atoms with E-state index in [4.69, 9.17) is 4.74 Å². The van der Waals surface area contributed by atoms with Gasteiger partial charge in [-0.15, -0.1) is 5.10 Å². The van der Waals surface area contributed by atoms with Gasteiger partial charge in [0.05, 0.1) is 12.3 Å². The second-order valence-corrected chi connectivity index (χ2v) is 6.71. The van der Waals surface area contributed by atoms with Crippen LogP contribution in [0.15, 0.2) is 36.7 Å². The molecule has 3 aromatic heterocycles. The summed E-state index contributed by atoms with van der Waals surface area (Å²) in [6, 6.07) is 6.41. The summed E-state index contributed by atoms with van der Waals surface area (Å²) in [7, 11) is 0. The average Bonchev–Trinajstić information content (AvgIpc) is 3.16. The Hall–Kier alpha value is -3.03. The maximum Gasteiger partial charge on any atom is 0.272 e. The van der Waals surface area contributed by atoms with E-state index in [9.17, 15) is 9.18 Å². The number of likely N-dealkylation sites (tertiary alicyclic amines) is 1. The van der Waals surface area contributed by atoms with Crippen LogP contribution in [0.2, 0.25) is 0 Å². The Morgan fingerprint density at radius 3 is 2.85 bits per heavy atom. The minimum Gasteiger partial charge on any atom is -0.476 e. The lowest BCUT2D eigenvalue weighted by atomic mass is 9.97. The minimum atomic E-state index is -0.398. The van der Waals surface area contributed by atoms with Crippen molar-refractivity contribution < 1.29 is 13.9 Å². The van der Waals surface area contributed by atoms with E-state index in [1.54, 1.807) is 28.7 Å². The monoisotopic (exact) mass is 369 g/mol. The quantitative estimate of drug-likeness (QED) is 0.707. The first-order valence-electron chi connectivity index (χ1n) is 8.96. The highest BCUT2D eigenvalue weighted by Gasteiger charge is 2.25. The third-order valence-electron chi connectivity index (χ3n) is 4.84. The maximum atomic E-state index is 13.3. The van der Waals surface area contributed by atoms with Crippen molar-refractivity contribution in [2.75, 3.05) is 19.7 Å². The van der Waals surface area contributed by atoms with Crippen LogP contribution < -0.4 is 4.74 Å². The molecule has 4 heterocycles. The summed E-state index contributed by atoms with van der Waals surface area (Å²) in [5.74, 6) is 0.372. The molecule has 0 atom stereocenters. The first-order valence-corrected chi connectivity index (χ1v) is 8.96. The Morgan fingerprint density at radius 1 is 1.26 bits per heavy atom. The molecule has 7 nitrogen and oxygen atoms in total. The zero-order valence-corrected chi connectivity index (χ0v) is 15.0. The van der Waals surface area contributed by atoms with Crippen LogP contribution in [0.25, 0.3) is 5.65 Å². The molecule has 0 aromatic carbocycles. The fourth-order valence-corrected chi connectivity index (χ4v) is 3.21. The normalized spacial score (nSPS) is 15.3. The number of piperidine rings is 1. The lowest BCUT2D eigenvalue weighted by molar-refractivity contribution is 0.0652. The number of fused-ring (bicyclic) bond motifs is 1. The van der Waals surface area contributed by atoms with E-state index in [1.165, 1.54) is 12.1 Å². The first kappa shape index (κ1) is 17.4. The zero-order valence-electron chi connectivity index (χ0n) is 15.0. The lowest BCUT2D eigenvalue weighted by Gasteiger charge is -2.31. The molecule has 8 heteroatoms. The van der Waals surface area contributed by atoms with Gasteiger partial charge in [0.1, 0.15) is 11.5 Å². The van der Waals surface area contributed by atoms with Crippen LogP contribution in [0.4, 0.5) is 4.39 Å². The largest absolute Gasteiger partial charge is 0.476 e. The smallest absolute Gasteiger partial charge is 0.272 e. The van der Waals surface area contributed by atoms with Crippen LogP contribution in [0.1, 0.15) is 29.0 Å². The van der Waals surface area contributed by atoms with E-state index in [0.717, 1.165) is 18.5 Å². The highest BCUT2D eigenvalue weighted by atomic mass is 19.1. The maximum absolute atomic E-state index is 13.3. The molecule has 0 N–H and O–H groups in total. The summed E-state index contributed by atoms with van der Waals surface area (Å²) >= 11 is 0. The third-order valence-corrected chi connectivity index (χ3v) is 4.84. The highest BCUT2D eigenvalue weighted by Crippen LogP contribution is 2.20. The second kappa shape index (κ2) is 7.30. The van der Waals surface area contributed by atoms with Crippen LogP contribution in [-0.4, -0.2) is 50.1 Å². The van der Waals surface area contributed by atoms with Gasteiger partial charge in [0.25, 0.3) is 5.91 Å². The predicted molar refractivity (Wildman–Crippen MR) is 96.0 cm³/mol. The van der Waals surface area contributed by atoms with E-state index in [2.05, 4.69) is 15.1 Å². The van der Waals surface area contributed by atoms with Crippen molar-refractivity contribution in [3.05, 3.63) is 53.9 Å². The van der Waals surface area contributed by atoms with E-state index in [0.29, 0.717) is 37.2 Å². The number of rotatable bonds is 4. The van der Waals surface area contributed by atoms with E-state index >= 15 is 0 Å². The van der Waals surface area contributed by atoms with Crippen LogP contribution >= 0.6 is 0 Å². The number of hydrogen-bond acceptors (Lipinski definition) is 5. The standard InChI is InChI=1S/C19H20FN5O2/c1-13-15(20)2-3-16(22-13)19(26)24-9-6-14(7-10-24)12-27-18-5-4-17-21-8-11-25(17)23-18/h2-5,8,11,14H,6-7,9-10,12H2,1H3. The summed E-state index contributed by atoms with van der Waals surface area (Å²) < 4.78 is 20.8. The van der Waals surface area contributed by atoms with Crippen LogP contribution in [-0.2, 0) is 0 Å². The Morgan fingerprint density at radius 2 is 2.07 bits per heavy atom. The predicted octanol–water partition coefficient (Wildman–Crippen LogP) is 2.50. The Balaban J connectivity index is 1.30. The van der Waals surface area contributed by atoms with Gasteiger partial charge in [-0.05, 0) is 43.9 Å². The molecule has 3 aromatic rings. The number of pyridine rings is 1. The van der Waals surface area contributed by atoms with E-state index < -0.39 is 5.82 Å². The van der Waals surface area contributed by atoms with Crippen LogP contribution in [0.3, 0.4) is 0 Å². The van der Waals surface area contributed by atoms with Crippen molar-refractivity contribution in [3.63, 3.8) is 0 Å². The number of hydrogen-bond donors (Lipinski definition) is 0. The molecule has 1 amide bonds. The average molecular weight is 369 g/mol. The molecular formula is C19H20FN5O2. The van der Waals surface area contributed by atoms with Crippen LogP contribution in [0, 0.1) is 18.7 Å². The molecule has 4 rings (SSSR count). The SMILES string of the molecule is Cc1nc(C(=O)N2CCC(COc3ccc4nccn4n3)CC2)ccc1F. The Kier molecular flexibility index (Phi) is 4.70. The van der Waals surface area contributed by atoms with Gasteiger partial charge in [-0.1, -0.05) is 0 Å².